The van der Waals surface area contributed by atoms with Gasteiger partial charge in [-0.15, -0.1) is 20.4 Å². The Morgan fingerprint density at radius 1 is 1.00 bits per heavy atom. The van der Waals surface area contributed by atoms with Crippen molar-refractivity contribution in [1.82, 2.24) is 30.2 Å². The first kappa shape index (κ1) is 21.7. The van der Waals surface area contributed by atoms with Gasteiger partial charge in [-0.05, 0) is 27.2 Å². The van der Waals surface area contributed by atoms with E-state index in [1.165, 1.54) is 4.90 Å². The second-order valence-electron chi connectivity index (χ2n) is 7.59. The molecule has 1 heterocycles. The second kappa shape index (κ2) is 9.40. The topological polar surface area (TPSA) is 101 Å². The van der Waals surface area contributed by atoms with Crippen LogP contribution < -0.4 is 0 Å². The highest BCUT2D eigenvalue weighted by Crippen LogP contribution is 2.10. The molecule has 0 aliphatic rings. The molecule has 0 bridgehead atoms. The van der Waals surface area contributed by atoms with Gasteiger partial charge in [-0.1, -0.05) is 13.8 Å². The van der Waals surface area contributed by atoms with E-state index in [9.17, 15) is 9.59 Å². The van der Waals surface area contributed by atoms with Crippen LogP contribution in [0.4, 0.5) is 4.79 Å². The Bertz CT molecular complexity index is 598. The van der Waals surface area contributed by atoms with Crippen LogP contribution in [0.3, 0.4) is 0 Å². The summed E-state index contributed by atoms with van der Waals surface area (Å²) in [6.45, 7) is 9.97. The summed E-state index contributed by atoms with van der Waals surface area (Å²) in [5.74, 6) is 0.955. The summed E-state index contributed by atoms with van der Waals surface area (Å²) in [7, 11) is 3.39. The fraction of sp³-hybridized carbons (Fsp3) is 0.765. The van der Waals surface area contributed by atoms with Crippen molar-refractivity contribution in [3.8, 4) is 0 Å². The molecule has 2 amide bonds. The molecule has 0 saturated carbocycles. The maximum atomic E-state index is 11.9. The quantitative estimate of drug-likeness (QED) is 0.723. The average molecular weight is 366 g/mol. The van der Waals surface area contributed by atoms with Crippen molar-refractivity contribution in [2.75, 3.05) is 20.6 Å². The fourth-order valence-corrected chi connectivity index (χ4v) is 2.08. The summed E-state index contributed by atoms with van der Waals surface area (Å²) in [4.78, 5) is 26.8. The first-order valence-electron chi connectivity index (χ1n) is 8.74. The maximum Gasteiger partial charge on any atom is 0.410 e. The van der Waals surface area contributed by atoms with Crippen molar-refractivity contribution in [2.24, 2.45) is 5.92 Å². The zero-order valence-corrected chi connectivity index (χ0v) is 16.8. The minimum Gasteiger partial charge on any atom is -0.444 e. The number of nitrogens with zero attached hydrogens (tertiary/aromatic N) is 6. The van der Waals surface area contributed by atoms with Crippen molar-refractivity contribution in [3.05, 3.63) is 11.6 Å². The molecule has 9 nitrogen and oxygen atoms in total. The predicted molar refractivity (Wildman–Crippen MR) is 96.1 cm³/mol. The number of aryl methyl sites for hydroxylation is 1. The number of rotatable bonds is 7. The van der Waals surface area contributed by atoms with Crippen molar-refractivity contribution in [2.45, 2.75) is 59.6 Å². The summed E-state index contributed by atoms with van der Waals surface area (Å²) in [6.07, 6.45) is 0.857. The summed E-state index contributed by atoms with van der Waals surface area (Å²) < 4.78 is 5.27. The van der Waals surface area contributed by atoms with Crippen molar-refractivity contribution >= 4 is 12.0 Å². The average Bonchev–Trinajstić information content (AvgIpc) is 2.53. The second-order valence-corrected chi connectivity index (χ2v) is 7.59. The van der Waals surface area contributed by atoms with Gasteiger partial charge in [-0.2, -0.15) is 0 Å². The van der Waals surface area contributed by atoms with E-state index >= 15 is 0 Å². The van der Waals surface area contributed by atoms with Gasteiger partial charge in [0.1, 0.15) is 5.60 Å². The molecule has 0 N–H and O–H groups in total. The number of hydrogen-bond donors (Lipinski definition) is 0. The zero-order chi connectivity index (χ0) is 19.9. The molecule has 0 unspecified atom stereocenters. The largest absolute Gasteiger partial charge is 0.444 e. The molecule has 1 aromatic heterocycles. The fourth-order valence-electron chi connectivity index (χ4n) is 2.08. The lowest BCUT2D eigenvalue weighted by Crippen LogP contribution is -2.34. The van der Waals surface area contributed by atoms with Gasteiger partial charge in [0.05, 0.1) is 6.54 Å². The van der Waals surface area contributed by atoms with Crippen LogP contribution in [0.15, 0.2) is 0 Å². The number of hydrogen-bond acceptors (Lipinski definition) is 7. The van der Waals surface area contributed by atoms with Crippen LogP contribution in [0.1, 0.15) is 52.7 Å². The minimum absolute atomic E-state index is 0.0131. The molecule has 9 heteroatoms. The summed E-state index contributed by atoms with van der Waals surface area (Å²) in [5.41, 5.74) is -0.559. The minimum atomic E-state index is -0.559. The standard InChI is InChI=1S/C17H30N6O3/c1-12(2)15(24)22(6)10-8-9-13-18-20-14(21-19-13)11-23(7)16(25)26-17(3,4)5/h12H,8-11H2,1-7H3. The monoisotopic (exact) mass is 366 g/mol. The number of carbonyl (C=O) groups excluding carboxylic acids is 2. The van der Waals surface area contributed by atoms with Crippen molar-refractivity contribution in [1.29, 1.82) is 0 Å². The van der Waals surface area contributed by atoms with Crippen LogP contribution in [0.25, 0.3) is 0 Å². The highest BCUT2D eigenvalue weighted by atomic mass is 16.6. The molecular formula is C17H30N6O3. The van der Waals surface area contributed by atoms with E-state index in [1.54, 1.807) is 39.8 Å². The van der Waals surface area contributed by atoms with E-state index in [1.807, 2.05) is 13.8 Å². The number of amides is 2. The molecule has 146 valence electrons. The van der Waals surface area contributed by atoms with Crippen LogP contribution in [0.2, 0.25) is 0 Å². The first-order valence-corrected chi connectivity index (χ1v) is 8.74. The van der Waals surface area contributed by atoms with Crippen molar-refractivity contribution < 1.29 is 14.3 Å². The Morgan fingerprint density at radius 2 is 1.54 bits per heavy atom. The molecule has 0 atom stereocenters. The van der Waals surface area contributed by atoms with Gasteiger partial charge in [0.2, 0.25) is 5.91 Å². The van der Waals surface area contributed by atoms with Gasteiger partial charge in [-0.3, -0.25) is 4.79 Å². The maximum absolute atomic E-state index is 11.9. The molecule has 0 radical (unpaired) electrons. The van der Waals surface area contributed by atoms with Gasteiger partial charge in [-0.25, -0.2) is 4.79 Å². The number of carbonyl (C=O) groups is 2. The molecule has 0 saturated heterocycles. The van der Waals surface area contributed by atoms with Crippen LogP contribution in [0.5, 0.6) is 0 Å². The molecular weight excluding hydrogens is 336 g/mol. The van der Waals surface area contributed by atoms with E-state index in [4.69, 9.17) is 4.74 Å². The van der Waals surface area contributed by atoms with Gasteiger partial charge in [0, 0.05) is 33.0 Å². The highest BCUT2D eigenvalue weighted by Gasteiger charge is 2.20. The third-order valence-electron chi connectivity index (χ3n) is 3.41. The van der Waals surface area contributed by atoms with Gasteiger partial charge >= 0.3 is 6.09 Å². The van der Waals surface area contributed by atoms with Crippen LogP contribution in [0, 0.1) is 5.92 Å². The molecule has 0 spiro atoms. The van der Waals surface area contributed by atoms with Crippen LogP contribution in [-0.2, 0) is 22.5 Å². The predicted octanol–water partition coefficient (Wildman–Crippen LogP) is 1.68. The van der Waals surface area contributed by atoms with Gasteiger partial charge in [0.25, 0.3) is 0 Å². The molecule has 0 aliphatic heterocycles. The molecule has 0 aliphatic carbocycles. The Morgan fingerprint density at radius 3 is 2.04 bits per heavy atom. The Hall–Kier alpha value is -2.32. The van der Waals surface area contributed by atoms with Crippen LogP contribution in [-0.4, -0.2) is 68.4 Å². The molecule has 0 fully saturated rings. The molecule has 1 rings (SSSR count). The lowest BCUT2D eigenvalue weighted by Gasteiger charge is -2.24. The number of ether oxygens (including phenoxy) is 1. The zero-order valence-electron chi connectivity index (χ0n) is 16.8. The third-order valence-corrected chi connectivity index (χ3v) is 3.41. The first-order chi connectivity index (χ1) is 12.0. The summed E-state index contributed by atoms with van der Waals surface area (Å²) in [6, 6.07) is 0. The van der Waals surface area contributed by atoms with Gasteiger partial charge < -0.3 is 14.5 Å². The Kier molecular flexibility index (Phi) is 7.85. The van der Waals surface area contributed by atoms with E-state index < -0.39 is 11.7 Å². The summed E-state index contributed by atoms with van der Waals surface area (Å²) >= 11 is 0. The van der Waals surface area contributed by atoms with Crippen molar-refractivity contribution in [3.63, 3.8) is 0 Å². The lowest BCUT2D eigenvalue weighted by molar-refractivity contribution is -0.133. The third kappa shape index (κ3) is 7.71. The van der Waals surface area contributed by atoms with E-state index in [-0.39, 0.29) is 18.4 Å². The molecule has 26 heavy (non-hydrogen) atoms. The van der Waals surface area contributed by atoms with Crippen LogP contribution >= 0.6 is 0 Å². The van der Waals surface area contributed by atoms with E-state index in [0.717, 1.165) is 6.42 Å². The lowest BCUT2D eigenvalue weighted by atomic mass is 10.2. The molecule has 0 aromatic carbocycles. The highest BCUT2D eigenvalue weighted by molar-refractivity contribution is 5.77. The number of aromatic nitrogens is 4. The van der Waals surface area contributed by atoms with E-state index in [0.29, 0.717) is 24.6 Å². The normalized spacial score (nSPS) is 11.4. The SMILES string of the molecule is CC(C)C(=O)N(C)CCCc1nnc(CN(C)C(=O)OC(C)(C)C)nn1. The molecule has 1 aromatic rings. The Labute approximate surface area is 155 Å². The van der Waals surface area contributed by atoms with E-state index in [2.05, 4.69) is 20.4 Å². The summed E-state index contributed by atoms with van der Waals surface area (Å²) in [5, 5.41) is 16.1. The Balaban J connectivity index is 2.46. The smallest absolute Gasteiger partial charge is 0.410 e. The van der Waals surface area contributed by atoms with Gasteiger partial charge in [0.15, 0.2) is 11.6 Å².